The van der Waals surface area contributed by atoms with Crippen LogP contribution in [0.5, 0.6) is 0 Å². The van der Waals surface area contributed by atoms with Crippen molar-refractivity contribution >= 4 is 28.6 Å². The second-order valence-corrected chi connectivity index (χ2v) is 9.13. The summed E-state index contributed by atoms with van der Waals surface area (Å²) in [6, 6.07) is 10.5. The Bertz CT molecular complexity index is 816. The van der Waals surface area contributed by atoms with E-state index in [2.05, 4.69) is 39.4 Å². The fourth-order valence-electron chi connectivity index (χ4n) is 4.04. The van der Waals surface area contributed by atoms with Crippen molar-refractivity contribution in [2.45, 2.75) is 31.6 Å². The van der Waals surface area contributed by atoms with Crippen molar-refractivity contribution in [2.24, 2.45) is 5.92 Å². The van der Waals surface area contributed by atoms with Gasteiger partial charge in [0.25, 0.3) is 5.91 Å². The number of anilines is 2. The summed E-state index contributed by atoms with van der Waals surface area (Å²) in [7, 11) is 0. The number of carbonyl (C=O) groups excluding carboxylic acids is 1. The monoisotopic (exact) mass is 381 g/mol. The van der Waals surface area contributed by atoms with Crippen molar-refractivity contribution in [2.75, 3.05) is 42.9 Å². The van der Waals surface area contributed by atoms with Crippen LogP contribution in [0.4, 0.5) is 11.4 Å². The van der Waals surface area contributed by atoms with Crippen LogP contribution in [-0.2, 0) is 0 Å². The van der Waals surface area contributed by atoms with Crippen LogP contribution in [0.15, 0.2) is 35.7 Å². The van der Waals surface area contributed by atoms with E-state index in [1.165, 1.54) is 43.5 Å². The van der Waals surface area contributed by atoms with E-state index in [1.807, 2.05) is 11.4 Å². The summed E-state index contributed by atoms with van der Waals surface area (Å²) in [5.41, 5.74) is 3.35. The third-order valence-corrected chi connectivity index (χ3v) is 6.90. The molecule has 1 N–H and O–H groups in total. The highest BCUT2D eigenvalue weighted by Crippen LogP contribution is 2.43. The molecule has 3 aliphatic rings. The first-order chi connectivity index (χ1) is 13.3. The van der Waals surface area contributed by atoms with E-state index in [1.54, 1.807) is 11.3 Å². The molecule has 4 nitrogen and oxygen atoms in total. The van der Waals surface area contributed by atoms with Gasteiger partial charge in [-0.15, -0.1) is 11.3 Å². The van der Waals surface area contributed by atoms with Crippen LogP contribution in [0.25, 0.3) is 0 Å². The van der Waals surface area contributed by atoms with Gasteiger partial charge in [-0.25, -0.2) is 0 Å². The molecule has 3 fully saturated rings. The van der Waals surface area contributed by atoms with E-state index in [0.29, 0.717) is 5.92 Å². The summed E-state index contributed by atoms with van der Waals surface area (Å²) in [6.45, 7) is 5.72. The van der Waals surface area contributed by atoms with Gasteiger partial charge in [0.1, 0.15) is 0 Å². The Morgan fingerprint density at radius 1 is 1.07 bits per heavy atom. The second kappa shape index (κ2) is 7.28. The zero-order chi connectivity index (χ0) is 18.2. The van der Waals surface area contributed by atoms with Crippen LogP contribution in [0.2, 0.25) is 0 Å². The highest BCUT2D eigenvalue weighted by molar-refractivity contribution is 7.12. The molecule has 142 valence electrons. The highest BCUT2D eigenvalue weighted by atomic mass is 32.1. The van der Waals surface area contributed by atoms with E-state index >= 15 is 0 Å². The molecule has 1 saturated heterocycles. The number of nitrogens with zero attached hydrogens (tertiary/aromatic N) is 2. The topological polar surface area (TPSA) is 35.6 Å². The van der Waals surface area contributed by atoms with Gasteiger partial charge in [-0.3, -0.25) is 9.69 Å². The Kier molecular flexibility index (Phi) is 4.66. The normalized spacial score (nSPS) is 20.7. The van der Waals surface area contributed by atoms with Crippen LogP contribution in [0, 0.1) is 5.92 Å². The van der Waals surface area contributed by atoms with Crippen molar-refractivity contribution in [1.29, 1.82) is 0 Å². The van der Waals surface area contributed by atoms with Gasteiger partial charge in [-0.05, 0) is 72.7 Å². The lowest BCUT2D eigenvalue weighted by Gasteiger charge is -2.36. The zero-order valence-electron chi connectivity index (χ0n) is 15.7. The van der Waals surface area contributed by atoms with Gasteiger partial charge >= 0.3 is 0 Å². The van der Waals surface area contributed by atoms with Gasteiger partial charge in [0.2, 0.25) is 0 Å². The first kappa shape index (κ1) is 17.3. The van der Waals surface area contributed by atoms with Gasteiger partial charge in [0, 0.05) is 44.1 Å². The Morgan fingerprint density at radius 3 is 2.63 bits per heavy atom. The smallest absolute Gasteiger partial charge is 0.266 e. The number of benzene rings is 1. The van der Waals surface area contributed by atoms with Crippen molar-refractivity contribution in [1.82, 2.24) is 4.90 Å². The molecule has 2 aliphatic carbocycles. The predicted molar refractivity (Wildman–Crippen MR) is 112 cm³/mol. The summed E-state index contributed by atoms with van der Waals surface area (Å²) >= 11 is 1.56. The van der Waals surface area contributed by atoms with E-state index in [0.717, 1.165) is 42.7 Å². The number of rotatable bonds is 6. The molecule has 2 saturated carbocycles. The van der Waals surface area contributed by atoms with Crippen LogP contribution >= 0.6 is 11.3 Å². The fourth-order valence-corrected chi connectivity index (χ4v) is 4.92. The molecular weight excluding hydrogens is 354 g/mol. The first-order valence-corrected chi connectivity index (χ1v) is 11.1. The summed E-state index contributed by atoms with van der Waals surface area (Å²) in [5.74, 6) is 1.61. The molecule has 0 unspecified atom stereocenters. The van der Waals surface area contributed by atoms with E-state index in [4.69, 9.17) is 0 Å². The van der Waals surface area contributed by atoms with Gasteiger partial charge in [-0.2, -0.15) is 0 Å². The Labute approximate surface area is 165 Å². The average molecular weight is 382 g/mol. The predicted octanol–water partition coefficient (Wildman–Crippen LogP) is 4.41. The average Bonchev–Trinajstić information content (AvgIpc) is 3.63. The molecule has 2 aromatic rings. The van der Waals surface area contributed by atoms with E-state index in [-0.39, 0.29) is 5.91 Å². The molecule has 1 aromatic carbocycles. The summed E-state index contributed by atoms with van der Waals surface area (Å²) < 4.78 is 0. The number of amides is 1. The molecule has 27 heavy (non-hydrogen) atoms. The molecular formula is C22H27N3OS. The minimum Gasteiger partial charge on any atom is -0.369 e. The van der Waals surface area contributed by atoms with Crippen LogP contribution in [0.3, 0.4) is 0 Å². The second-order valence-electron chi connectivity index (χ2n) is 8.21. The fraction of sp³-hybridized carbons (Fsp3) is 0.500. The quantitative estimate of drug-likeness (QED) is 0.805. The lowest BCUT2D eigenvalue weighted by Crippen LogP contribution is -2.47. The number of thiophene rings is 1. The van der Waals surface area contributed by atoms with Gasteiger partial charge in [0.05, 0.1) is 4.88 Å². The summed E-state index contributed by atoms with van der Waals surface area (Å²) in [6.07, 6.45) is 5.29. The number of hydrogen-bond acceptors (Lipinski definition) is 4. The highest BCUT2D eigenvalue weighted by Gasteiger charge is 2.29. The first-order valence-electron chi connectivity index (χ1n) is 10.2. The van der Waals surface area contributed by atoms with E-state index in [9.17, 15) is 4.79 Å². The number of hydrogen-bond donors (Lipinski definition) is 1. The maximum atomic E-state index is 12.7. The molecule has 5 rings (SSSR count). The van der Waals surface area contributed by atoms with Gasteiger partial charge in [0.15, 0.2) is 0 Å². The van der Waals surface area contributed by atoms with Crippen LogP contribution in [0.1, 0.15) is 46.8 Å². The largest absolute Gasteiger partial charge is 0.369 e. The van der Waals surface area contributed by atoms with Crippen molar-refractivity contribution in [3.63, 3.8) is 0 Å². The van der Waals surface area contributed by atoms with E-state index < -0.39 is 0 Å². The molecule has 1 amide bonds. The molecule has 0 atom stereocenters. The Hall–Kier alpha value is -1.85. The lowest BCUT2D eigenvalue weighted by atomic mass is 10.1. The zero-order valence-corrected chi connectivity index (χ0v) is 16.5. The lowest BCUT2D eigenvalue weighted by molar-refractivity contribution is 0.102. The third-order valence-electron chi connectivity index (χ3n) is 5.97. The van der Waals surface area contributed by atoms with Gasteiger partial charge < -0.3 is 10.2 Å². The molecule has 0 bridgehead atoms. The molecule has 0 spiro atoms. The van der Waals surface area contributed by atoms with Gasteiger partial charge in [-0.1, -0.05) is 6.07 Å². The molecule has 5 heteroatoms. The molecule has 2 heterocycles. The number of piperazine rings is 1. The number of nitrogens with one attached hydrogen (secondary N) is 1. The van der Waals surface area contributed by atoms with Crippen molar-refractivity contribution in [3.8, 4) is 0 Å². The molecule has 1 aromatic heterocycles. The molecule has 0 radical (unpaired) electrons. The van der Waals surface area contributed by atoms with Crippen LogP contribution in [-0.4, -0.2) is 43.5 Å². The molecule has 1 aliphatic heterocycles. The Balaban J connectivity index is 1.22. The number of carbonyl (C=O) groups is 1. The summed E-state index contributed by atoms with van der Waals surface area (Å²) in [4.78, 5) is 18.7. The van der Waals surface area contributed by atoms with Crippen molar-refractivity contribution in [3.05, 3.63) is 46.2 Å². The standard InChI is InChI=1S/C22H27N3OS/c26-22(21-20(8-13-27-21)17-6-7-17)23-18-2-1-3-19(14-18)25-11-9-24(10-12-25)15-16-4-5-16/h1-3,8,13-14,16-17H,4-7,9-12,15H2,(H,23,26). The SMILES string of the molecule is O=C(Nc1cccc(N2CCN(CC3CC3)CC2)c1)c1sccc1C1CC1. The van der Waals surface area contributed by atoms with Crippen LogP contribution < -0.4 is 10.2 Å². The minimum absolute atomic E-state index is 0.0401. The Morgan fingerprint density at radius 2 is 1.89 bits per heavy atom. The maximum absolute atomic E-state index is 12.7. The summed E-state index contributed by atoms with van der Waals surface area (Å²) in [5, 5.41) is 5.17. The maximum Gasteiger partial charge on any atom is 0.266 e. The minimum atomic E-state index is 0.0401. The third kappa shape index (κ3) is 4.04. The van der Waals surface area contributed by atoms with Crippen molar-refractivity contribution < 1.29 is 4.79 Å².